The summed E-state index contributed by atoms with van der Waals surface area (Å²) in [6.45, 7) is 19.0. The van der Waals surface area contributed by atoms with Crippen LogP contribution in [-0.2, 0) is 0 Å². The Morgan fingerprint density at radius 3 is 2.00 bits per heavy atom. The molecule has 0 aliphatic carbocycles. The zero-order valence-corrected chi connectivity index (χ0v) is 13.4. The first-order valence-corrected chi connectivity index (χ1v) is 7.77. The van der Waals surface area contributed by atoms with Gasteiger partial charge in [0.2, 0.25) is 0 Å². The van der Waals surface area contributed by atoms with Gasteiger partial charge < -0.3 is 5.32 Å². The van der Waals surface area contributed by atoms with Crippen molar-refractivity contribution in [3.63, 3.8) is 0 Å². The minimum Gasteiger partial charge on any atom is -0.315 e. The van der Waals surface area contributed by atoms with E-state index in [-0.39, 0.29) is 0 Å². The normalized spacial score (nSPS) is 21.5. The molecular weight excluding hydrogens is 220 g/mol. The molecule has 1 N–H and O–H groups in total. The second kappa shape index (κ2) is 6.91. The quantitative estimate of drug-likeness (QED) is 0.782. The van der Waals surface area contributed by atoms with Crippen LogP contribution < -0.4 is 5.32 Å². The summed E-state index contributed by atoms with van der Waals surface area (Å²) in [5, 5.41) is 3.71. The van der Waals surface area contributed by atoms with E-state index in [0.29, 0.717) is 5.41 Å². The van der Waals surface area contributed by atoms with Crippen molar-refractivity contribution in [1.29, 1.82) is 0 Å². The average molecular weight is 254 g/mol. The molecular formula is C16H34N2. The molecule has 0 amide bonds. The van der Waals surface area contributed by atoms with Crippen LogP contribution in [0.25, 0.3) is 0 Å². The van der Waals surface area contributed by atoms with E-state index in [1.54, 1.807) is 0 Å². The number of rotatable bonds is 6. The highest BCUT2D eigenvalue weighted by Crippen LogP contribution is 2.24. The van der Waals surface area contributed by atoms with Crippen LogP contribution in [0.2, 0.25) is 0 Å². The maximum Gasteiger partial charge on any atom is 0.0243 e. The summed E-state index contributed by atoms with van der Waals surface area (Å²) < 4.78 is 0. The Balaban J connectivity index is 2.34. The van der Waals surface area contributed by atoms with Gasteiger partial charge in [-0.25, -0.2) is 0 Å². The second-order valence-corrected chi connectivity index (χ2v) is 7.48. The number of nitrogens with one attached hydrogen (secondary N) is 1. The van der Waals surface area contributed by atoms with Crippen LogP contribution in [0, 0.1) is 17.3 Å². The van der Waals surface area contributed by atoms with E-state index in [2.05, 4.69) is 51.8 Å². The Morgan fingerprint density at radius 1 is 1.00 bits per heavy atom. The molecule has 0 aromatic rings. The molecule has 0 saturated carbocycles. The van der Waals surface area contributed by atoms with Gasteiger partial charge in [-0.1, -0.05) is 41.5 Å². The summed E-state index contributed by atoms with van der Waals surface area (Å²) in [7, 11) is 0. The van der Waals surface area contributed by atoms with Gasteiger partial charge in [-0.05, 0) is 49.7 Å². The third-order valence-corrected chi connectivity index (χ3v) is 4.66. The van der Waals surface area contributed by atoms with Gasteiger partial charge in [-0.3, -0.25) is 4.90 Å². The summed E-state index contributed by atoms with van der Waals surface area (Å²) in [5.41, 5.74) is 0.411. The molecule has 1 fully saturated rings. The standard InChI is InChI=1S/C16H34N2/c1-13(2)15(18-9-7-8-10-18)12-17-11-14(3)16(4,5)6/h13-15,17H,7-12H2,1-6H3. The van der Waals surface area contributed by atoms with Crippen molar-refractivity contribution in [2.75, 3.05) is 26.2 Å². The number of hydrogen-bond acceptors (Lipinski definition) is 2. The van der Waals surface area contributed by atoms with E-state index in [9.17, 15) is 0 Å². The van der Waals surface area contributed by atoms with Crippen molar-refractivity contribution in [1.82, 2.24) is 10.2 Å². The molecule has 108 valence electrons. The molecule has 0 spiro atoms. The summed E-state index contributed by atoms with van der Waals surface area (Å²) >= 11 is 0. The predicted octanol–water partition coefficient (Wildman–Crippen LogP) is 3.38. The number of nitrogens with zero attached hydrogens (tertiary/aromatic N) is 1. The first kappa shape index (κ1) is 16.0. The van der Waals surface area contributed by atoms with Crippen LogP contribution in [0.3, 0.4) is 0 Å². The molecule has 1 rings (SSSR count). The molecule has 0 aromatic heterocycles. The lowest BCUT2D eigenvalue weighted by Crippen LogP contribution is -2.45. The van der Waals surface area contributed by atoms with Crippen molar-refractivity contribution in [2.45, 2.75) is 60.4 Å². The van der Waals surface area contributed by atoms with Crippen LogP contribution in [0.1, 0.15) is 54.4 Å². The summed E-state index contributed by atoms with van der Waals surface area (Å²) in [4.78, 5) is 2.68. The fourth-order valence-corrected chi connectivity index (χ4v) is 2.61. The van der Waals surface area contributed by atoms with Gasteiger partial charge in [0.15, 0.2) is 0 Å². The second-order valence-electron chi connectivity index (χ2n) is 7.48. The Labute approximate surface area is 115 Å². The van der Waals surface area contributed by atoms with Crippen LogP contribution >= 0.6 is 0 Å². The van der Waals surface area contributed by atoms with Crippen LogP contribution in [0.5, 0.6) is 0 Å². The van der Waals surface area contributed by atoms with E-state index < -0.39 is 0 Å². The molecule has 0 bridgehead atoms. The van der Waals surface area contributed by atoms with Crippen LogP contribution in [-0.4, -0.2) is 37.1 Å². The van der Waals surface area contributed by atoms with Gasteiger partial charge >= 0.3 is 0 Å². The highest BCUT2D eigenvalue weighted by Gasteiger charge is 2.25. The third kappa shape index (κ3) is 4.89. The molecule has 1 aliphatic rings. The average Bonchev–Trinajstić information content (AvgIpc) is 2.75. The number of likely N-dealkylation sites (tertiary alicyclic amines) is 1. The smallest absolute Gasteiger partial charge is 0.0243 e. The van der Waals surface area contributed by atoms with Crippen molar-refractivity contribution < 1.29 is 0 Å². The van der Waals surface area contributed by atoms with Crippen LogP contribution in [0.15, 0.2) is 0 Å². The SMILES string of the molecule is CC(C)C(CNCC(C)C(C)(C)C)N1CCCC1. The van der Waals surface area contributed by atoms with E-state index in [0.717, 1.165) is 31.0 Å². The van der Waals surface area contributed by atoms with Crippen molar-refractivity contribution in [3.05, 3.63) is 0 Å². The predicted molar refractivity (Wildman–Crippen MR) is 80.9 cm³/mol. The molecule has 2 unspecified atom stereocenters. The zero-order valence-electron chi connectivity index (χ0n) is 13.4. The minimum atomic E-state index is 0.411. The van der Waals surface area contributed by atoms with Gasteiger partial charge in [0.05, 0.1) is 0 Å². The lowest BCUT2D eigenvalue weighted by atomic mass is 9.82. The molecule has 2 atom stereocenters. The molecule has 1 saturated heterocycles. The third-order valence-electron chi connectivity index (χ3n) is 4.66. The maximum absolute atomic E-state index is 3.71. The largest absolute Gasteiger partial charge is 0.315 e. The molecule has 0 aromatic carbocycles. The van der Waals surface area contributed by atoms with E-state index in [1.165, 1.54) is 25.9 Å². The summed E-state index contributed by atoms with van der Waals surface area (Å²) in [6, 6.07) is 0.722. The maximum atomic E-state index is 3.71. The van der Waals surface area contributed by atoms with E-state index in [4.69, 9.17) is 0 Å². The van der Waals surface area contributed by atoms with Gasteiger partial charge in [0.25, 0.3) is 0 Å². The van der Waals surface area contributed by atoms with Crippen molar-refractivity contribution in [2.24, 2.45) is 17.3 Å². The lowest BCUT2D eigenvalue weighted by molar-refractivity contribution is 0.177. The summed E-state index contributed by atoms with van der Waals surface area (Å²) in [6.07, 6.45) is 2.78. The van der Waals surface area contributed by atoms with Gasteiger partial charge in [-0.15, -0.1) is 0 Å². The molecule has 0 radical (unpaired) electrons. The first-order valence-electron chi connectivity index (χ1n) is 7.77. The van der Waals surface area contributed by atoms with Crippen LogP contribution in [0.4, 0.5) is 0 Å². The molecule has 2 heteroatoms. The minimum absolute atomic E-state index is 0.411. The zero-order chi connectivity index (χ0) is 13.8. The molecule has 18 heavy (non-hydrogen) atoms. The van der Waals surface area contributed by atoms with Crippen molar-refractivity contribution >= 4 is 0 Å². The Bertz CT molecular complexity index is 224. The molecule has 1 aliphatic heterocycles. The Kier molecular flexibility index (Phi) is 6.13. The Morgan fingerprint density at radius 2 is 1.56 bits per heavy atom. The highest BCUT2D eigenvalue weighted by molar-refractivity contribution is 4.81. The lowest BCUT2D eigenvalue weighted by Gasteiger charge is -2.33. The Hall–Kier alpha value is -0.0800. The van der Waals surface area contributed by atoms with E-state index >= 15 is 0 Å². The number of hydrogen-bond donors (Lipinski definition) is 1. The topological polar surface area (TPSA) is 15.3 Å². The molecule has 1 heterocycles. The van der Waals surface area contributed by atoms with Gasteiger partial charge in [-0.2, -0.15) is 0 Å². The fraction of sp³-hybridized carbons (Fsp3) is 1.00. The fourth-order valence-electron chi connectivity index (χ4n) is 2.61. The van der Waals surface area contributed by atoms with Crippen molar-refractivity contribution in [3.8, 4) is 0 Å². The highest BCUT2D eigenvalue weighted by atomic mass is 15.2. The van der Waals surface area contributed by atoms with Gasteiger partial charge in [0.1, 0.15) is 0 Å². The summed E-state index contributed by atoms with van der Waals surface area (Å²) in [5.74, 6) is 1.48. The first-order chi connectivity index (χ1) is 8.32. The molecule has 2 nitrogen and oxygen atoms in total. The van der Waals surface area contributed by atoms with Gasteiger partial charge in [0, 0.05) is 12.6 Å². The van der Waals surface area contributed by atoms with E-state index in [1.807, 2.05) is 0 Å². The monoisotopic (exact) mass is 254 g/mol.